The molecule has 3 aromatic rings. The van der Waals surface area contributed by atoms with Gasteiger partial charge < -0.3 is 20.3 Å². The monoisotopic (exact) mass is 955 g/mol. The number of carbonyl (C=O) groups excluding carboxylic acids is 7. The number of amidine groups is 1. The van der Waals surface area contributed by atoms with E-state index in [1.165, 1.54) is 17.1 Å². The molecule has 0 spiro atoms. The number of ether oxygens (including phenoxy) is 1. The van der Waals surface area contributed by atoms with Crippen LogP contribution < -0.4 is 16.0 Å². The van der Waals surface area contributed by atoms with E-state index in [1.54, 1.807) is 51.2 Å². The highest BCUT2D eigenvalue weighted by molar-refractivity contribution is 6.13. The van der Waals surface area contributed by atoms with Crippen LogP contribution in [-0.2, 0) is 43.4 Å². The number of aliphatic imine (C=N–C) groups is 1. The Balaban J connectivity index is 0.900. The molecule has 0 bridgehead atoms. The van der Waals surface area contributed by atoms with Crippen LogP contribution in [-0.4, -0.2) is 105 Å². The fraction of sp³-hybridized carbons (Fsp3) is 0.463. The highest BCUT2D eigenvalue weighted by atomic mass is 16.6. The molecule has 3 aliphatic heterocycles. The van der Waals surface area contributed by atoms with E-state index in [9.17, 15) is 33.6 Å². The van der Waals surface area contributed by atoms with Crippen LogP contribution in [0.1, 0.15) is 136 Å². The molecule has 1 aliphatic carbocycles. The Labute approximate surface area is 410 Å². The number of pyridine rings is 1. The van der Waals surface area contributed by atoms with Gasteiger partial charge in [-0.05, 0) is 119 Å². The predicted molar refractivity (Wildman–Crippen MR) is 267 cm³/mol. The second-order valence-electron chi connectivity index (χ2n) is 19.7. The minimum absolute atomic E-state index is 0.0175. The Morgan fingerprint density at radius 2 is 1.56 bits per heavy atom. The number of nitrogens with one attached hydrogen (secondary N) is 3. The number of Topliss-reactive ketones (excluding diaryl/α,β-unsaturated/α-hetero) is 1. The number of hydrogen-bond acceptors (Lipinski definition) is 11. The quantitative estimate of drug-likeness (QED) is 0.0890. The highest BCUT2D eigenvalue weighted by Gasteiger charge is 2.31. The average Bonchev–Trinajstić information content (AvgIpc) is 3.52. The molecular formula is C54H66N8O8. The SMILES string of the molecule is CCCN(CCC)C(=O)C1=Cc2ccc(C(=O)Nc3cnc4c(c3)CN(Cc3ccc(C(=O)NCCCC(=O)C5CCC(CN6C(=O)C=CC6=O)CC5)cc3)CC4)cc2N=C(NC(=O)OC(C)(C)C)C1. The number of ketones is 1. The minimum Gasteiger partial charge on any atom is -0.444 e. The molecule has 16 nitrogen and oxygen atoms in total. The number of amides is 6. The number of carbonyl (C=O) groups is 7. The van der Waals surface area contributed by atoms with E-state index in [2.05, 4.69) is 20.9 Å². The first-order chi connectivity index (χ1) is 33.5. The van der Waals surface area contributed by atoms with E-state index in [1.807, 2.05) is 49.1 Å². The van der Waals surface area contributed by atoms with Crippen molar-refractivity contribution in [2.45, 2.75) is 118 Å². The molecule has 2 aromatic carbocycles. The summed E-state index contributed by atoms with van der Waals surface area (Å²) < 4.78 is 5.50. The number of aromatic nitrogens is 1. The number of imide groups is 1. The molecule has 4 aliphatic rings. The molecule has 7 rings (SSSR count). The van der Waals surface area contributed by atoms with Crippen LogP contribution >= 0.6 is 0 Å². The van der Waals surface area contributed by atoms with Crippen molar-refractivity contribution in [2.24, 2.45) is 16.8 Å². The van der Waals surface area contributed by atoms with Gasteiger partial charge in [0.1, 0.15) is 17.2 Å². The van der Waals surface area contributed by atoms with Crippen molar-refractivity contribution in [3.8, 4) is 0 Å². The second-order valence-corrected chi connectivity index (χ2v) is 19.7. The molecule has 370 valence electrons. The standard InChI is InChI=1S/C54H66N8O8/c1-6-24-61(25-7-2)52(68)41-27-39-18-19-40(29-45(39)58-47(30-41)59-53(69)70-54(3,4)5)51(67)57-43-28-42-34-60(26-22-44(42)56-31-43)32-35-12-16-38(17-13-35)50(66)55-23-8-9-46(63)37-14-10-36(11-15-37)33-62-48(64)20-21-49(62)65/h12-13,16-21,27-29,31,36-37H,6-11,14-15,22-26,30,32-34H2,1-5H3,(H,55,66)(H,57,67)(H,58,59,69). The normalized spacial score (nSPS) is 17.9. The van der Waals surface area contributed by atoms with Gasteiger partial charge in [0.15, 0.2) is 0 Å². The molecule has 0 atom stereocenters. The Kier molecular flexibility index (Phi) is 16.9. The minimum atomic E-state index is -0.747. The largest absolute Gasteiger partial charge is 0.444 e. The summed E-state index contributed by atoms with van der Waals surface area (Å²) in [6, 6.07) is 14.6. The zero-order valence-electron chi connectivity index (χ0n) is 41.1. The summed E-state index contributed by atoms with van der Waals surface area (Å²) in [5, 5.41) is 8.68. The van der Waals surface area contributed by atoms with E-state index >= 15 is 0 Å². The van der Waals surface area contributed by atoms with Crippen LogP contribution in [0.2, 0.25) is 0 Å². The second kappa shape index (κ2) is 23.2. The van der Waals surface area contributed by atoms with Crippen LogP contribution in [0.25, 0.3) is 6.08 Å². The number of rotatable bonds is 17. The predicted octanol–water partition coefficient (Wildman–Crippen LogP) is 7.69. The molecule has 4 heterocycles. The third-order valence-corrected chi connectivity index (χ3v) is 13.0. The van der Waals surface area contributed by atoms with Gasteiger partial charge in [-0.2, -0.15) is 0 Å². The lowest BCUT2D eigenvalue weighted by atomic mass is 9.79. The van der Waals surface area contributed by atoms with Crippen molar-refractivity contribution in [2.75, 3.05) is 38.0 Å². The van der Waals surface area contributed by atoms with E-state index in [0.29, 0.717) is 85.7 Å². The molecule has 0 saturated heterocycles. The van der Waals surface area contributed by atoms with Crippen molar-refractivity contribution < 1.29 is 38.3 Å². The topological polar surface area (TPSA) is 200 Å². The highest BCUT2D eigenvalue weighted by Crippen LogP contribution is 2.32. The molecule has 1 fully saturated rings. The number of nitrogens with zero attached hydrogens (tertiary/aromatic N) is 5. The number of anilines is 1. The fourth-order valence-corrected chi connectivity index (χ4v) is 9.41. The molecule has 0 radical (unpaired) electrons. The van der Waals surface area contributed by atoms with Crippen LogP contribution in [0, 0.1) is 11.8 Å². The van der Waals surface area contributed by atoms with Crippen LogP contribution in [0.4, 0.5) is 16.2 Å². The van der Waals surface area contributed by atoms with Gasteiger partial charge in [0.05, 0.1) is 17.6 Å². The number of hydrogen-bond donors (Lipinski definition) is 3. The van der Waals surface area contributed by atoms with Gasteiger partial charge in [-0.3, -0.25) is 48.9 Å². The van der Waals surface area contributed by atoms with Gasteiger partial charge >= 0.3 is 6.09 Å². The van der Waals surface area contributed by atoms with E-state index < -0.39 is 11.7 Å². The molecule has 0 unspecified atom stereocenters. The summed E-state index contributed by atoms with van der Waals surface area (Å²) in [7, 11) is 0. The van der Waals surface area contributed by atoms with Crippen LogP contribution in [0.5, 0.6) is 0 Å². The third-order valence-electron chi connectivity index (χ3n) is 13.0. The lowest BCUT2D eigenvalue weighted by Gasteiger charge is -2.30. The first-order valence-corrected chi connectivity index (χ1v) is 24.7. The van der Waals surface area contributed by atoms with Gasteiger partial charge in [0, 0.05) is 111 Å². The lowest BCUT2D eigenvalue weighted by Crippen LogP contribution is -2.38. The van der Waals surface area contributed by atoms with Crippen molar-refractivity contribution in [1.29, 1.82) is 0 Å². The Hall–Kier alpha value is -6.81. The number of fused-ring (bicyclic) bond motifs is 2. The maximum atomic E-state index is 13.8. The van der Waals surface area contributed by atoms with Gasteiger partial charge in [-0.1, -0.05) is 32.0 Å². The van der Waals surface area contributed by atoms with E-state index in [4.69, 9.17) is 14.7 Å². The van der Waals surface area contributed by atoms with Crippen LogP contribution in [0.15, 0.2) is 77.4 Å². The zero-order valence-corrected chi connectivity index (χ0v) is 41.1. The Bertz CT molecular complexity index is 2550. The summed E-state index contributed by atoms with van der Waals surface area (Å²) in [5.41, 5.74) is 5.24. The lowest BCUT2D eigenvalue weighted by molar-refractivity contribution is -0.138. The summed E-state index contributed by atoms with van der Waals surface area (Å²) in [6.45, 7) is 13.4. The van der Waals surface area contributed by atoms with Gasteiger partial charge in [0.2, 0.25) is 5.91 Å². The number of alkyl carbamates (subject to hydrolysis) is 1. The molecular weight excluding hydrogens is 889 g/mol. The summed E-state index contributed by atoms with van der Waals surface area (Å²) in [4.78, 5) is 105. The molecule has 1 saturated carbocycles. The fourth-order valence-electron chi connectivity index (χ4n) is 9.41. The van der Waals surface area contributed by atoms with E-state index in [0.717, 1.165) is 68.3 Å². The smallest absolute Gasteiger partial charge is 0.413 e. The maximum Gasteiger partial charge on any atom is 0.413 e. The third kappa shape index (κ3) is 13.7. The summed E-state index contributed by atoms with van der Waals surface area (Å²) in [6.07, 6.45) is 11.9. The van der Waals surface area contributed by atoms with Crippen LogP contribution in [0.3, 0.4) is 0 Å². The Morgan fingerprint density at radius 1 is 0.857 bits per heavy atom. The summed E-state index contributed by atoms with van der Waals surface area (Å²) >= 11 is 0. The van der Waals surface area contributed by atoms with Crippen molar-refractivity contribution in [3.63, 3.8) is 0 Å². The zero-order chi connectivity index (χ0) is 50.0. The summed E-state index contributed by atoms with van der Waals surface area (Å²) in [5.74, 6) is -0.567. The first kappa shape index (κ1) is 51.1. The molecule has 16 heteroatoms. The maximum absolute atomic E-state index is 13.8. The number of benzene rings is 2. The van der Waals surface area contributed by atoms with Gasteiger partial charge in [-0.25, -0.2) is 9.79 Å². The van der Waals surface area contributed by atoms with Gasteiger partial charge in [0.25, 0.3) is 23.6 Å². The molecule has 3 N–H and O–H groups in total. The molecule has 1 aromatic heterocycles. The van der Waals surface area contributed by atoms with Crippen molar-refractivity contribution >= 4 is 64.7 Å². The Morgan fingerprint density at radius 3 is 2.24 bits per heavy atom. The molecule has 6 amide bonds. The average molecular weight is 955 g/mol. The van der Waals surface area contributed by atoms with Crippen molar-refractivity contribution in [1.82, 2.24) is 30.3 Å². The van der Waals surface area contributed by atoms with Gasteiger partial charge in [-0.15, -0.1) is 0 Å². The van der Waals surface area contributed by atoms with Crippen molar-refractivity contribution in [3.05, 3.63) is 106 Å². The molecule has 70 heavy (non-hydrogen) atoms. The van der Waals surface area contributed by atoms with E-state index in [-0.39, 0.29) is 59.4 Å². The first-order valence-electron chi connectivity index (χ1n) is 24.7.